The molecule has 0 saturated heterocycles. The third-order valence-corrected chi connectivity index (χ3v) is 10.4. The number of hydrogen-bond donors (Lipinski definition) is 0. The number of benzene rings is 6. The topological polar surface area (TPSA) is 86.0 Å². The largest absolute Gasteiger partial charge is 0.456 e. The minimum atomic E-state index is -3.66. The van der Waals surface area contributed by atoms with Gasteiger partial charge < -0.3 is 4.42 Å². The molecule has 6 aromatic carbocycles. The summed E-state index contributed by atoms with van der Waals surface area (Å²) in [7, 11) is -3.66. The Morgan fingerprint density at radius 3 is 1.61 bits per heavy atom. The fraction of sp³-hybridized carbons (Fsp3) is 0. The summed E-state index contributed by atoms with van der Waals surface area (Å²) in [5.41, 5.74) is 7.16. The molecule has 1 aliphatic heterocycles. The van der Waals surface area contributed by atoms with Crippen molar-refractivity contribution in [2.45, 2.75) is 9.79 Å². The predicted molar refractivity (Wildman–Crippen MR) is 180 cm³/mol. The normalized spacial score (nSPS) is 13.1. The van der Waals surface area contributed by atoms with Crippen LogP contribution in [0.2, 0.25) is 0 Å². The van der Waals surface area contributed by atoms with Gasteiger partial charge >= 0.3 is 0 Å². The lowest BCUT2D eigenvalue weighted by Gasteiger charge is -2.10. The Hall–Kier alpha value is -5.92. The molecule has 6 nitrogen and oxygen atoms in total. The molecule has 218 valence electrons. The van der Waals surface area contributed by atoms with E-state index in [0.29, 0.717) is 39.1 Å². The fourth-order valence-electron chi connectivity index (χ4n) is 6.23. The van der Waals surface area contributed by atoms with Crippen molar-refractivity contribution in [3.63, 3.8) is 0 Å². The summed E-state index contributed by atoms with van der Waals surface area (Å²) >= 11 is 0. The number of fused-ring (bicyclic) bond motifs is 6. The van der Waals surface area contributed by atoms with Gasteiger partial charge in [0, 0.05) is 38.6 Å². The molecule has 2 aromatic heterocycles. The third-order valence-electron chi connectivity index (χ3n) is 8.50. The van der Waals surface area contributed by atoms with Gasteiger partial charge in [-0.25, -0.2) is 23.4 Å². The molecular formula is C39H23N3O3S. The Morgan fingerprint density at radius 2 is 0.913 bits per heavy atom. The van der Waals surface area contributed by atoms with Crippen LogP contribution in [0, 0.1) is 0 Å². The van der Waals surface area contributed by atoms with Gasteiger partial charge in [-0.3, -0.25) is 0 Å². The van der Waals surface area contributed by atoms with Crippen LogP contribution in [0.5, 0.6) is 0 Å². The monoisotopic (exact) mass is 613 g/mol. The van der Waals surface area contributed by atoms with Gasteiger partial charge in [-0.15, -0.1) is 0 Å². The Balaban J connectivity index is 1.22. The number of sulfone groups is 1. The van der Waals surface area contributed by atoms with Gasteiger partial charge in [0.25, 0.3) is 0 Å². The summed E-state index contributed by atoms with van der Waals surface area (Å²) in [5, 5.41) is 2.07. The van der Waals surface area contributed by atoms with E-state index in [0.717, 1.165) is 44.2 Å². The first-order chi connectivity index (χ1) is 22.5. The van der Waals surface area contributed by atoms with Gasteiger partial charge in [0.15, 0.2) is 17.5 Å². The lowest BCUT2D eigenvalue weighted by atomic mass is 9.98. The molecule has 0 fully saturated rings. The van der Waals surface area contributed by atoms with E-state index in [1.807, 2.05) is 121 Å². The maximum atomic E-state index is 13.6. The van der Waals surface area contributed by atoms with E-state index < -0.39 is 9.84 Å². The SMILES string of the molecule is O=S1(=O)c2ccc(-c3ccccc3)cc2-c2cc(-c3nc(-c4ccccc4)nc(-c4ccc5c(c4)oc4ccccc45)n3)ccc21. The van der Waals surface area contributed by atoms with E-state index in [2.05, 4.69) is 0 Å². The van der Waals surface area contributed by atoms with Gasteiger partial charge in [-0.05, 0) is 59.7 Å². The maximum Gasteiger partial charge on any atom is 0.207 e. The molecule has 0 amide bonds. The van der Waals surface area contributed by atoms with Crippen LogP contribution in [-0.4, -0.2) is 23.4 Å². The van der Waals surface area contributed by atoms with E-state index >= 15 is 0 Å². The quantitative estimate of drug-likeness (QED) is 0.197. The molecule has 0 atom stereocenters. The van der Waals surface area contributed by atoms with Crippen LogP contribution < -0.4 is 0 Å². The molecular weight excluding hydrogens is 591 g/mol. The minimum absolute atomic E-state index is 0.282. The van der Waals surface area contributed by atoms with Crippen molar-refractivity contribution < 1.29 is 12.8 Å². The van der Waals surface area contributed by atoms with E-state index in [4.69, 9.17) is 19.4 Å². The summed E-state index contributed by atoms with van der Waals surface area (Å²) in [5.74, 6) is 1.46. The van der Waals surface area contributed by atoms with Crippen LogP contribution in [-0.2, 0) is 9.84 Å². The van der Waals surface area contributed by atoms with Crippen molar-refractivity contribution in [2.75, 3.05) is 0 Å². The van der Waals surface area contributed by atoms with E-state index in [9.17, 15) is 8.42 Å². The zero-order valence-corrected chi connectivity index (χ0v) is 25.1. The zero-order chi connectivity index (χ0) is 30.8. The zero-order valence-electron chi connectivity index (χ0n) is 24.3. The predicted octanol–water partition coefficient (Wildman–Crippen LogP) is 9.25. The van der Waals surface area contributed by atoms with Crippen molar-refractivity contribution in [1.82, 2.24) is 15.0 Å². The first-order valence-corrected chi connectivity index (χ1v) is 16.3. The summed E-state index contributed by atoms with van der Waals surface area (Å²) in [6.45, 7) is 0. The molecule has 46 heavy (non-hydrogen) atoms. The summed E-state index contributed by atoms with van der Waals surface area (Å²) in [6, 6.07) is 44.5. The van der Waals surface area contributed by atoms with Crippen molar-refractivity contribution in [3.8, 4) is 56.4 Å². The molecule has 0 saturated carbocycles. The van der Waals surface area contributed by atoms with Crippen molar-refractivity contribution in [1.29, 1.82) is 0 Å². The smallest absolute Gasteiger partial charge is 0.207 e. The molecule has 3 heterocycles. The lowest BCUT2D eigenvalue weighted by molar-refractivity contribution is 0.598. The number of aromatic nitrogens is 3. The van der Waals surface area contributed by atoms with E-state index in [1.165, 1.54) is 0 Å². The highest BCUT2D eigenvalue weighted by Crippen LogP contribution is 2.46. The molecule has 0 bridgehead atoms. The van der Waals surface area contributed by atoms with Gasteiger partial charge in [0.05, 0.1) is 9.79 Å². The lowest BCUT2D eigenvalue weighted by Crippen LogP contribution is -2.01. The van der Waals surface area contributed by atoms with Gasteiger partial charge in [0.2, 0.25) is 9.84 Å². The van der Waals surface area contributed by atoms with Crippen LogP contribution in [0.25, 0.3) is 78.4 Å². The highest BCUT2D eigenvalue weighted by molar-refractivity contribution is 7.92. The van der Waals surface area contributed by atoms with Gasteiger partial charge in [0.1, 0.15) is 11.2 Å². The molecule has 0 radical (unpaired) electrons. The maximum absolute atomic E-state index is 13.6. The Morgan fingerprint density at radius 1 is 0.413 bits per heavy atom. The number of para-hydroxylation sites is 1. The molecule has 8 aromatic rings. The molecule has 0 spiro atoms. The average Bonchev–Trinajstić information content (AvgIpc) is 3.59. The highest BCUT2D eigenvalue weighted by Gasteiger charge is 2.33. The fourth-order valence-corrected chi connectivity index (χ4v) is 7.88. The second-order valence-electron chi connectivity index (χ2n) is 11.3. The second-order valence-corrected chi connectivity index (χ2v) is 13.2. The van der Waals surface area contributed by atoms with Crippen LogP contribution in [0.4, 0.5) is 0 Å². The van der Waals surface area contributed by atoms with Crippen molar-refractivity contribution in [3.05, 3.63) is 140 Å². The van der Waals surface area contributed by atoms with Gasteiger partial charge in [-0.2, -0.15) is 0 Å². The number of rotatable bonds is 4. The second kappa shape index (κ2) is 10.1. The van der Waals surface area contributed by atoms with Crippen LogP contribution in [0.3, 0.4) is 0 Å². The molecule has 0 N–H and O–H groups in total. The molecule has 0 aliphatic carbocycles. The number of nitrogens with zero attached hydrogens (tertiary/aromatic N) is 3. The standard InChI is InChI=1S/C39H23N3O3S/c43-46(44)35-19-16-26(24-9-3-1-4-10-24)21-31(35)32-22-27(17-20-36(32)46)38-40-37(25-11-5-2-6-12-25)41-39(42-38)28-15-18-30-29-13-7-8-14-33(29)45-34(30)23-28/h1-23H. The molecule has 0 unspecified atom stereocenters. The van der Waals surface area contributed by atoms with Crippen LogP contribution in [0.1, 0.15) is 0 Å². The summed E-state index contributed by atoms with van der Waals surface area (Å²) in [6.07, 6.45) is 0. The van der Waals surface area contributed by atoms with Crippen molar-refractivity contribution in [2.24, 2.45) is 0 Å². The Bertz CT molecular complexity index is 2600. The van der Waals surface area contributed by atoms with Crippen molar-refractivity contribution >= 4 is 31.8 Å². The van der Waals surface area contributed by atoms with E-state index in [1.54, 1.807) is 18.2 Å². The summed E-state index contributed by atoms with van der Waals surface area (Å²) < 4.78 is 33.3. The van der Waals surface area contributed by atoms with E-state index in [-0.39, 0.29) is 4.90 Å². The van der Waals surface area contributed by atoms with Crippen LogP contribution in [0.15, 0.2) is 154 Å². The van der Waals surface area contributed by atoms with Crippen LogP contribution >= 0.6 is 0 Å². The Labute approximate surface area is 264 Å². The highest BCUT2D eigenvalue weighted by atomic mass is 32.2. The third kappa shape index (κ3) is 4.17. The summed E-state index contributed by atoms with van der Waals surface area (Å²) in [4.78, 5) is 15.3. The Kier molecular flexibility index (Phi) is 5.79. The molecule has 1 aliphatic rings. The molecule has 7 heteroatoms. The first kappa shape index (κ1) is 26.5. The number of hydrogen-bond acceptors (Lipinski definition) is 6. The molecule has 9 rings (SSSR count). The van der Waals surface area contributed by atoms with Gasteiger partial charge in [-0.1, -0.05) is 91.0 Å². The minimum Gasteiger partial charge on any atom is -0.456 e. The average molecular weight is 614 g/mol. The number of furan rings is 1. The first-order valence-electron chi connectivity index (χ1n) is 14.9.